The summed E-state index contributed by atoms with van der Waals surface area (Å²) in [6.07, 6.45) is 5.00. The second kappa shape index (κ2) is 13.8. The lowest BCUT2D eigenvalue weighted by molar-refractivity contribution is -0.147. The highest BCUT2D eigenvalue weighted by Gasteiger charge is 2.40. The second-order valence-electron chi connectivity index (χ2n) is 8.78. The molecule has 5 atom stereocenters. The van der Waals surface area contributed by atoms with Gasteiger partial charge in [-0.2, -0.15) is 0 Å². The van der Waals surface area contributed by atoms with Crippen molar-refractivity contribution in [3.8, 4) is 5.75 Å². The van der Waals surface area contributed by atoms with E-state index in [0.29, 0.717) is 42.9 Å². The summed E-state index contributed by atoms with van der Waals surface area (Å²) in [6.45, 7) is 3.58. The van der Waals surface area contributed by atoms with Gasteiger partial charge in [-0.15, -0.1) is 0 Å². The molecule has 0 amide bonds. The molecule has 32 heavy (non-hydrogen) atoms. The summed E-state index contributed by atoms with van der Waals surface area (Å²) in [5.41, 5.74) is 0. The van der Waals surface area contributed by atoms with Crippen LogP contribution in [0, 0.1) is 11.8 Å². The molecule has 0 saturated heterocycles. The molecule has 1 aromatic carbocycles. The van der Waals surface area contributed by atoms with Crippen molar-refractivity contribution >= 4 is 17.6 Å². The van der Waals surface area contributed by atoms with Crippen molar-refractivity contribution in [2.45, 2.75) is 83.3 Å². The van der Waals surface area contributed by atoms with Crippen LogP contribution in [0.2, 0.25) is 5.02 Å². The monoisotopic (exact) mass is 470 g/mol. The molecule has 0 unspecified atom stereocenters. The van der Waals surface area contributed by atoms with Gasteiger partial charge in [-0.05, 0) is 82.4 Å². The summed E-state index contributed by atoms with van der Waals surface area (Å²) in [6, 6.07) is 6.84. The Morgan fingerprint density at radius 2 is 2.00 bits per heavy atom. The average molecular weight is 471 g/mol. The van der Waals surface area contributed by atoms with Crippen molar-refractivity contribution in [3.05, 3.63) is 41.4 Å². The molecule has 0 radical (unpaired) electrons. The van der Waals surface area contributed by atoms with Crippen LogP contribution in [0.25, 0.3) is 0 Å². The maximum absolute atomic E-state index is 14.4. The van der Waals surface area contributed by atoms with Crippen LogP contribution < -0.4 is 4.74 Å². The molecule has 0 aliphatic heterocycles. The van der Waals surface area contributed by atoms with Gasteiger partial charge in [-0.1, -0.05) is 29.8 Å². The highest BCUT2D eigenvalue weighted by Crippen LogP contribution is 2.38. The second-order valence-corrected chi connectivity index (χ2v) is 9.22. The predicted molar refractivity (Wildman–Crippen MR) is 124 cm³/mol. The van der Waals surface area contributed by atoms with E-state index < -0.39 is 18.4 Å². The molecule has 2 rings (SSSR count). The first-order chi connectivity index (χ1) is 15.3. The van der Waals surface area contributed by atoms with Gasteiger partial charge in [0.25, 0.3) is 0 Å². The Labute approximate surface area is 195 Å². The van der Waals surface area contributed by atoms with Crippen molar-refractivity contribution in [1.29, 1.82) is 0 Å². The summed E-state index contributed by atoms with van der Waals surface area (Å²) >= 11 is 5.90. The van der Waals surface area contributed by atoms with Crippen molar-refractivity contribution in [2.24, 2.45) is 11.8 Å². The number of alkyl halides is 1. The lowest BCUT2D eigenvalue weighted by atomic mass is 9.86. The highest BCUT2D eigenvalue weighted by molar-refractivity contribution is 6.30. The first kappa shape index (κ1) is 26.6. The van der Waals surface area contributed by atoms with Gasteiger partial charge in [-0.25, -0.2) is 4.39 Å². The van der Waals surface area contributed by atoms with Crippen LogP contribution in [0.15, 0.2) is 36.4 Å². The minimum atomic E-state index is -1.17. The van der Waals surface area contributed by atoms with Crippen molar-refractivity contribution in [1.82, 2.24) is 0 Å². The number of unbranched alkanes of at least 4 members (excludes halogenated alkanes) is 1. The molecule has 1 fully saturated rings. The number of esters is 1. The molecule has 1 saturated carbocycles. The SMILES string of the molecule is CC(C)OC(=O)CCC/C=C\C[C@@H]1[C@@H](CC[C@@H](F)COc2cccc(Cl)c2)[C@H](O)C[C@@H]1O. The van der Waals surface area contributed by atoms with Gasteiger partial charge in [-0.3, -0.25) is 4.79 Å². The number of aliphatic hydroxyl groups is 2. The predicted octanol–water partition coefficient (Wildman–Crippen LogP) is 5.26. The lowest BCUT2D eigenvalue weighted by Crippen LogP contribution is -2.24. The quantitative estimate of drug-likeness (QED) is 0.233. The molecule has 1 aliphatic carbocycles. The van der Waals surface area contributed by atoms with Crippen molar-refractivity contribution < 1.29 is 28.9 Å². The topological polar surface area (TPSA) is 76.0 Å². The first-order valence-electron chi connectivity index (χ1n) is 11.5. The molecular formula is C25H36ClFO5. The zero-order valence-corrected chi connectivity index (χ0v) is 19.7. The van der Waals surface area contributed by atoms with Gasteiger partial charge < -0.3 is 19.7 Å². The third-order valence-electron chi connectivity index (χ3n) is 5.76. The molecular weight excluding hydrogens is 435 g/mol. The summed E-state index contributed by atoms with van der Waals surface area (Å²) in [4.78, 5) is 11.5. The number of ether oxygens (including phenoxy) is 2. The van der Waals surface area contributed by atoms with E-state index >= 15 is 0 Å². The normalized spacial score (nSPS) is 24.2. The van der Waals surface area contributed by atoms with Crippen LogP contribution in [-0.4, -0.2) is 47.3 Å². The zero-order chi connectivity index (χ0) is 23.5. The molecule has 1 aliphatic rings. The summed E-state index contributed by atoms with van der Waals surface area (Å²) in [5, 5.41) is 21.2. The number of halogens is 2. The van der Waals surface area contributed by atoms with Crippen LogP contribution >= 0.6 is 11.6 Å². The fraction of sp³-hybridized carbons (Fsp3) is 0.640. The Morgan fingerprint density at radius 1 is 1.25 bits per heavy atom. The van der Waals surface area contributed by atoms with Crippen LogP contribution in [0.3, 0.4) is 0 Å². The third-order valence-corrected chi connectivity index (χ3v) is 5.99. The molecule has 5 nitrogen and oxygen atoms in total. The van der Waals surface area contributed by atoms with Gasteiger partial charge in [0.05, 0.1) is 18.3 Å². The number of hydrogen-bond acceptors (Lipinski definition) is 5. The van der Waals surface area contributed by atoms with Gasteiger partial charge in [0.1, 0.15) is 18.5 Å². The molecule has 1 aromatic rings. The van der Waals surface area contributed by atoms with Crippen LogP contribution in [0.1, 0.15) is 58.8 Å². The Balaban J connectivity index is 1.72. The van der Waals surface area contributed by atoms with E-state index in [4.69, 9.17) is 21.1 Å². The number of hydrogen-bond donors (Lipinski definition) is 2. The van der Waals surface area contributed by atoms with E-state index in [1.54, 1.807) is 24.3 Å². The molecule has 0 spiro atoms. The van der Waals surface area contributed by atoms with Crippen LogP contribution in [0.5, 0.6) is 5.75 Å². The Morgan fingerprint density at radius 3 is 2.72 bits per heavy atom. The Bertz CT molecular complexity index is 726. The van der Waals surface area contributed by atoms with E-state index in [-0.39, 0.29) is 36.9 Å². The zero-order valence-electron chi connectivity index (χ0n) is 19.0. The average Bonchev–Trinajstić information content (AvgIpc) is 2.99. The van der Waals surface area contributed by atoms with E-state index in [1.807, 2.05) is 26.0 Å². The van der Waals surface area contributed by atoms with Gasteiger partial charge in [0, 0.05) is 11.4 Å². The summed E-state index contributed by atoms with van der Waals surface area (Å²) < 4.78 is 24.9. The molecule has 180 valence electrons. The molecule has 0 heterocycles. The largest absolute Gasteiger partial charge is 0.491 e. The van der Waals surface area contributed by atoms with E-state index in [1.165, 1.54) is 0 Å². The third kappa shape index (κ3) is 9.47. The number of benzene rings is 1. The van der Waals surface area contributed by atoms with E-state index in [2.05, 4.69) is 0 Å². The van der Waals surface area contributed by atoms with Crippen LogP contribution in [-0.2, 0) is 9.53 Å². The van der Waals surface area contributed by atoms with Crippen molar-refractivity contribution in [2.75, 3.05) is 6.61 Å². The highest BCUT2D eigenvalue weighted by atomic mass is 35.5. The van der Waals surface area contributed by atoms with Gasteiger partial charge in [0.15, 0.2) is 0 Å². The molecule has 0 aromatic heterocycles. The standard InChI is InChI=1S/C25H36ClFO5/c1-17(2)32-25(30)11-6-4-3-5-10-21-22(24(29)15-23(21)28)13-12-19(27)16-31-20-9-7-8-18(26)14-20/h3,5,7-9,14,17,19,21-24,28-29H,4,6,10-13,15-16H2,1-2H3/b5-3-/t19-,21-,22-,23+,24-/m1/s1. The molecule has 2 N–H and O–H groups in total. The lowest BCUT2D eigenvalue weighted by Gasteiger charge is -2.23. The molecule has 7 heteroatoms. The molecule has 0 bridgehead atoms. The maximum atomic E-state index is 14.4. The number of allylic oxidation sites excluding steroid dienone is 2. The van der Waals surface area contributed by atoms with Crippen molar-refractivity contribution in [3.63, 3.8) is 0 Å². The minimum absolute atomic E-state index is 0.0739. The minimum Gasteiger partial charge on any atom is -0.491 e. The number of rotatable bonds is 13. The van der Waals surface area contributed by atoms with Gasteiger partial charge >= 0.3 is 5.97 Å². The van der Waals surface area contributed by atoms with E-state index in [0.717, 1.165) is 6.42 Å². The maximum Gasteiger partial charge on any atom is 0.306 e. The Hall–Kier alpha value is -1.63. The first-order valence-corrected chi connectivity index (χ1v) is 11.9. The Kier molecular flexibility index (Phi) is 11.5. The van der Waals surface area contributed by atoms with Crippen LogP contribution in [0.4, 0.5) is 4.39 Å². The number of carbonyl (C=O) groups excluding carboxylic acids is 1. The number of carbonyl (C=O) groups is 1. The van der Waals surface area contributed by atoms with Gasteiger partial charge in [0.2, 0.25) is 0 Å². The number of aliphatic hydroxyl groups excluding tert-OH is 2. The fourth-order valence-electron chi connectivity index (χ4n) is 4.16. The fourth-order valence-corrected chi connectivity index (χ4v) is 4.34. The smallest absolute Gasteiger partial charge is 0.306 e. The summed E-state index contributed by atoms with van der Waals surface area (Å²) in [5.74, 6) is 0.0770. The van der Waals surface area contributed by atoms with E-state index in [9.17, 15) is 19.4 Å². The summed E-state index contributed by atoms with van der Waals surface area (Å²) in [7, 11) is 0.